The molecule has 1 atom stereocenters. The summed E-state index contributed by atoms with van der Waals surface area (Å²) in [7, 11) is 0. The molecule has 0 aromatic heterocycles. The van der Waals surface area contributed by atoms with E-state index in [2.05, 4.69) is 12.2 Å². The van der Waals surface area contributed by atoms with Gasteiger partial charge in [0.05, 0.1) is 0 Å². The first-order valence-corrected chi connectivity index (χ1v) is 4.77. The second-order valence-electron chi connectivity index (χ2n) is 3.67. The van der Waals surface area contributed by atoms with Gasteiger partial charge in [0.25, 0.3) is 0 Å². The van der Waals surface area contributed by atoms with E-state index in [1.807, 2.05) is 6.07 Å². The van der Waals surface area contributed by atoms with Gasteiger partial charge in [0.2, 0.25) is 0 Å². The lowest BCUT2D eigenvalue weighted by Crippen LogP contribution is -2.18. The zero-order valence-corrected chi connectivity index (χ0v) is 7.81. The minimum Gasteiger partial charge on any atom is -0.316 e. The Balaban J connectivity index is 2.48. The molecule has 0 fully saturated rings. The van der Waals surface area contributed by atoms with E-state index in [-0.39, 0.29) is 5.82 Å². The highest BCUT2D eigenvalue weighted by atomic mass is 19.1. The summed E-state index contributed by atoms with van der Waals surface area (Å²) in [5.74, 6) is 0.243. The standard InChI is InChI=1S/C11H14FN/c1-8-7-13-6-5-9-3-2-4-10(12)11(8)9/h2-4,8,13H,5-7H2,1H3. The van der Waals surface area contributed by atoms with Gasteiger partial charge in [-0.3, -0.25) is 0 Å². The van der Waals surface area contributed by atoms with Crippen LogP contribution in [0.5, 0.6) is 0 Å². The summed E-state index contributed by atoms with van der Waals surface area (Å²) < 4.78 is 13.5. The lowest BCUT2D eigenvalue weighted by atomic mass is 9.95. The van der Waals surface area contributed by atoms with Gasteiger partial charge in [0.1, 0.15) is 5.82 Å². The first-order chi connectivity index (χ1) is 6.29. The van der Waals surface area contributed by atoms with Gasteiger partial charge in [-0.25, -0.2) is 4.39 Å². The number of benzene rings is 1. The van der Waals surface area contributed by atoms with E-state index in [9.17, 15) is 4.39 Å². The molecule has 1 N–H and O–H groups in total. The molecule has 2 heteroatoms. The molecular formula is C11H14FN. The van der Waals surface area contributed by atoms with E-state index in [1.54, 1.807) is 12.1 Å². The van der Waals surface area contributed by atoms with E-state index in [0.717, 1.165) is 30.6 Å². The fourth-order valence-electron chi connectivity index (χ4n) is 2.00. The number of nitrogens with one attached hydrogen (secondary N) is 1. The lowest BCUT2D eigenvalue weighted by molar-refractivity contribution is 0.577. The lowest BCUT2D eigenvalue weighted by Gasteiger charge is -2.12. The molecule has 0 radical (unpaired) electrons. The van der Waals surface area contributed by atoms with E-state index in [0.29, 0.717) is 5.92 Å². The Bertz CT molecular complexity index is 309. The van der Waals surface area contributed by atoms with E-state index >= 15 is 0 Å². The summed E-state index contributed by atoms with van der Waals surface area (Å²) in [6, 6.07) is 5.38. The molecule has 1 nitrogen and oxygen atoms in total. The Kier molecular flexibility index (Phi) is 2.32. The molecule has 1 aliphatic rings. The molecule has 0 amide bonds. The monoisotopic (exact) mass is 179 g/mol. The molecule has 1 aromatic carbocycles. The van der Waals surface area contributed by atoms with Gasteiger partial charge in [0.15, 0.2) is 0 Å². The van der Waals surface area contributed by atoms with Crippen molar-refractivity contribution < 1.29 is 4.39 Å². The molecule has 13 heavy (non-hydrogen) atoms. The maximum absolute atomic E-state index is 13.5. The molecule has 0 saturated carbocycles. The number of fused-ring (bicyclic) bond motifs is 1. The van der Waals surface area contributed by atoms with Crippen LogP contribution in [0.1, 0.15) is 24.0 Å². The third kappa shape index (κ3) is 1.59. The minimum absolute atomic E-state index is 0.0475. The SMILES string of the molecule is CC1CNCCc2cccc(F)c21. The summed E-state index contributed by atoms with van der Waals surface area (Å²) in [4.78, 5) is 0. The zero-order chi connectivity index (χ0) is 9.26. The van der Waals surface area contributed by atoms with Crippen LogP contribution in [0.15, 0.2) is 18.2 Å². The molecule has 1 aromatic rings. The number of hydrogen-bond acceptors (Lipinski definition) is 1. The summed E-state index contributed by atoms with van der Waals surface area (Å²) >= 11 is 0. The van der Waals surface area contributed by atoms with Crippen molar-refractivity contribution in [3.63, 3.8) is 0 Å². The smallest absolute Gasteiger partial charge is 0.126 e. The van der Waals surface area contributed by atoms with Crippen molar-refractivity contribution in [1.82, 2.24) is 5.32 Å². The Morgan fingerprint density at radius 1 is 1.46 bits per heavy atom. The van der Waals surface area contributed by atoms with Gasteiger partial charge in [-0.2, -0.15) is 0 Å². The van der Waals surface area contributed by atoms with Crippen molar-refractivity contribution in [1.29, 1.82) is 0 Å². The van der Waals surface area contributed by atoms with Crippen LogP contribution in [0.4, 0.5) is 4.39 Å². The number of halogens is 1. The Hall–Kier alpha value is -0.890. The van der Waals surface area contributed by atoms with Crippen molar-refractivity contribution in [3.05, 3.63) is 35.1 Å². The van der Waals surface area contributed by atoms with E-state index in [1.165, 1.54) is 0 Å². The molecule has 1 unspecified atom stereocenters. The van der Waals surface area contributed by atoms with Gasteiger partial charge >= 0.3 is 0 Å². The van der Waals surface area contributed by atoms with Crippen LogP contribution in [-0.2, 0) is 6.42 Å². The summed E-state index contributed by atoms with van der Waals surface area (Å²) in [6.07, 6.45) is 0.942. The summed E-state index contributed by atoms with van der Waals surface area (Å²) in [5, 5.41) is 3.30. The molecule has 2 rings (SSSR count). The van der Waals surface area contributed by atoms with Crippen LogP contribution in [0.3, 0.4) is 0 Å². The first-order valence-electron chi connectivity index (χ1n) is 4.77. The van der Waals surface area contributed by atoms with Gasteiger partial charge in [-0.15, -0.1) is 0 Å². The third-order valence-corrected chi connectivity index (χ3v) is 2.66. The summed E-state index contributed by atoms with van der Waals surface area (Å²) in [5.41, 5.74) is 2.07. The average molecular weight is 179 g/mol. The normalized spacial score (nSPS) is 22.2. The van der Waals surface area contributed by atoms with Crippen LogP contribution in [0, 0.1) is 5.82 Å². The number of rotatable bonds is 0. The molecule has 0 spiro atoms. The van der Waals surface area contributed by atoms with Gasteiger partial charge in [-0.1, -0.05) is 19.1 Å². The van der Waals surface area contributed by atoms with Gasteiger partial charge in [-0.05, 0) is 36.1 Å². The van der Waals surface area contributed by atoms with Crippen molar-refractivity contribution in [2.24, 2.45) is 0 Å². The van der Waals surface area contributed by atoms with E-state index in [4.69, 9.17) is 0 Å². The Labute approximate surface area is 78.0 Å². The van der Waals surface area contributed by atoms with Crippen LogP contribution in [0.25, 0.3) is 0 Å². The van der Waals surface area contributed by atoms with E-state index < -0.39 is 0 Å². The highest BCUT2D eigenvalue weighted by molar-refractivity contribution is 5.33. The second kappa shape index (κ2) is 3.46. The van der Waals surface area contributed by atoms with Gasteiger partial charge < -0.3 is 5.32 Å². The minimum atomic E-state index is -0.0475. The van der Waals surface area contributed by atoms with Crippen molar-refractivity contribution in [2.75, 3.05) is 13.1 Å². The third-order valence-electron chi connectivity index (χ3n) is 2.66. The average Bonchev–Trinajstić information content (AvgIpc) is 2.29. The molecule has 0 aliphatic carbocycles. The molecule has 0 bridgehead atoms. The van der Waals surface area contributed by atoms with Crippen LogP contribution in [-0.4, -0.2) is 13.1 Å². The quantitative estimate of drug-likeness (QED) is 0.643. The predicted molar refractivity (Wildman–Crippen MR) is 51.4 cm³/mol. The summed E-state index contributed by atoms with van der Waals surface area (Å²) in [6.45, 7) is 3.91. The van der Waals surface area contributed by atoms with Crippen molar-refractivity contribution in [2.45, 2.75) is 19.3 Å². The first kappa shape index (κ1) is 8.70. The molecule has 1 aliphatic heterocycles. The van der Waals surface area contributed by atoms with Crippen molar-refractivity contribution in [3.8, 4) is 0 Å². The van der Waals surface area contributed by atoms with Crippen LogP contribution >= 0.6 is 0 Å². The second-order valence-corrected chi connectivity index (χ2v) is 3.67. The molecular weight excluding hydrogens is 165 g/mol. The maximum atomic E-state index is 13.5. The fourth-order valence-corrected chi connectivity index (χ4v) is 2.00. The number of hydrogen-bond donors (Lipinski definition) is 1. The fraction of sp³-hybridized carbons (Fsp3) is 0.455. The Morgan fingerprint density at radius 2 is 2.31 bits per heavy atom. The largest absolute Gasteiger partial charge is 0.316 e. The Morgan fingerprint density at radius 3 is 3.15 bits per heavy atom. The predicted octanol–water partition coefficient (Wildman–Crippen LogP) is 2.07. The van der Waals surface area contributed by atoms with Gasteiger partial charge in [0, 0.05) is 6.54 Å². The molecule has 70 valence electrons. The molecule has 0 saturated heterocycles. The van der Waals surface area contributed by atoms with Crippen LogP contribution < -0.4 is 5.32 Å². The highest BCUT2D eigenvalue weighted by Crippen LogP contribution is 2.24. The zero-order valence-electron chi connectivity index (χ0n) is 7.81. The van der Waals surface area contributed by atoms with Crippen molar-refractivity contribution >= 4 is 0 Å². The maximum Gasteiger partial charge on any atom is 0.126 e. The highest BCUT2D eigenvalue weighted by Gasteiger charge is 2.17. The molecule has 1 heterocycles. The van der Waals surface area contributed by atoms with Crippen LogP contribution in [0.2, 0.25) is 0 Å². The topological polar surface area (TPSA) is 12.0 Å².